The highest BCUT2D eigenvalue weighted by Crippen LogP contribution is 2.44. The fourth-order valence-electron chi connectivity index (χ4n) is 7.42. The molecule has 258 valence electrons. The topological polar surface area (TPSA) is 38.7 Å². The molecular formula is C51H33N3S. The van der Waals surface area contributed by atoms with Gasteiger partial charge in [0.15, 0.2) is 17.5 Å². The first kappa shape index (κ1) is 32.6. The molecule has 3 nitrogen and oxygen atoms in total. The van der Waals surface area contributed by atoms with Crippen LogP contribution in [0.15, 0.2) is 200 Å². The number of fused-ring (bicyclic) bond motifs is 3. The Morgan fingerprint density at radius 2 is 0.582 bits per heavy atom. The van der Waals surface area contributed by atoms with Crippen molar-refractivity contribution < 1.29 is 0 Å². The molecule has 0 N–H and O–H groups in total. The molecule has 0 atom stereocenters. The molecule has 0 saturated carbocycles. The van der Waals surface area contributed by atoms with Gasteiger partial charge in [-0.25, -0.2) is 15.0 Å². The van der Waals surface area contributed by atoms with Crippen LogP contribution in [-0.4, -0.2) is 15.0 Å². The molecule has 0 bridgehead atoms. The molecule has 0 spiro atoms. The molecule has 0 unspecified atom stereocenters. The van der Waals surface area contributed by atoms with Gasteiger partial charge < -0.3 is 0 Å². The summed E-state index contributed by atoms with van der Waals surface area (Å²) in [7, 11) is 0. The van der Waals surface area contributed by atoms with Crippen molar-refractivity contribution >= 4 is 31.5 Å². The molecule has 55 heavy (non-hydrogen) atoms. The van der Waals surface area contributed by atoms with E-state index in [0.29, 0.717) is 17.5 Å². The molecule has 2 aromatic heterocycles. The Bertz CT molecular complexity index is 2970. The molecule has 0 aliphatic rings. The lowest BCUT2D eigenvalue weighted by atomic mass is 9.97. The summed E-state index contributed by atoms with van der Waals surface area (Å²) in [5.74, 6) is 1.93. The number of hydrogen-bond donors (Lipinski definition) is 0. The third-order valence-electron chi connectivity index (χ3n) is 10.1. The van der Waals surface area contributed by atoms with Gasteiger partial charge in [-0.3, -0.25) is 0 Å². The minimum Gasteiger partial charge on any atom is -0.208 e. The largest absolute Gasteiger partial charge is 0.208 e. The van der Waals surface area contributed by atoms with Crippen LogP contribution < -0.4 is 0 Å². The second-order valence-corrected chi connectivity index (χ2v) is 14.6. The van der Waals surface area contributed by atoms with Crippen LogP contribution in [-0.2, 0) is 0 Å². The SMILES string of the molecule is c1ccc(-c2cccc(-c3nc(-c4ccccc4)nc(-c4cccc(-c5cccc6c5sc5c(-c7cccc(-c8ccccc8)c7)cccc56)c4)n3)c2)cc1. The normalized spacial score (nSPS) is 11.3. The van der Waals surface area contributed by atoms with E-state index in [4.69, 9.17) is 15.0 Å². The molecule has 0 saturated heterocycles. The molecule has 8 aromatic carbocycles. The van der Waals surface area contributed by atoms with Gasteiger partial charge in [0.2, 0.25) is 0 Å². The van der Waals surface area contributed by atoms with Crippen molar-refractivity contribution in [1.82, 2.24) is 15.0 Å². The molecule has 0 aliphatic heterocycles. The van der Waals surface area contributed by atoms with Crippen LogP contribution in [0, 0.1) is 0 Å². The molecular weight excluding hydrogens is 687 g/mol. The van der Waals surface area contributed by atoms with Gasteiger partial charge >= 0.3 is 0 Å². The summed E-state index contributed by atoms with van der Waals surface area (Å²) in [6, 6.07) is 70.4. The van der Waals surface area contributed by atoms with Gasteiger partial charge in [-0.15, -0.1) is 11.3 Å². The van der Waals surface area contributed by atoms with E-state index in [0.717, 1.165) is 33.4 Å². The van der Waals surface area contributed by atoms with Gasteiger partial charge in [-0.1, -0.05) is 182 Å². The standard InChI is InChI=1S/C51H33N3S/c1-4-15-34(16-5-1)37-21-10-23-39(31-37)43-27-13-29-45-46-30-14-28-44(48(46)55-47(43)45)40-24-12-26-42(33-40)51-53-49(36-19-8-3-9-20-36)52-50(54-51)41-25-11-22-38(32-41)35-17-6-2-7-18-35/h1-33H. The summed E-state index contributed by atoms with van der Waals surface area (Å²) in [6.45, 7) is 0. The summed E-state index contributed by atoms with van der Waals surface area (Å²) in [5.41, 5.74) is 12.3. The van der Waals surface area contributed by atoms with Crippen molar-refractivity contribution in [2.45, 2.75) is 0 Å². The summed E-state index contributed by atoms with van der Waals surface area (Å²) >= 11 is 1.87. The molecule has 0 radical (unpaired) electrons. The highest BCUT2D eigenvalue weighted by atomic mass is 32.1. The molecule has 10 rings (SSSR count). The summed E-state index contributed by atoms with van der Waals surface area (Å²) in [4.78, 5) is 15.2. The summed E-state index contributed by atoms with van der Waals surface area (Å²) in [5, 5.41) is 2.53. The van der Waals surface area contributed by atoms with Gasteiger partial charge in [0.1, 0.15) is 0 Å². The predicted octanol–water partition coefficient (Wildman–Crippen LogP) is 13.9. The Balaban J connectivity index is 1.08. The average Bonchev–Trinajstić information content (AvgIpc) is 3.67. The average molecular weight is 720 g/mol. The maximum absolute atomic E-state index is 5.12. The van der Waals surface area contributed by atoms with E-state index in [1.807, 2.05) is 47.7 Å². The maximum Gasteiger partial charge on any atom is 0.164 e. The van der Waals surface area contributed by atoms with Crippen LogP contribution in [0.2, 0.25) is 0 Å². The van der Waals surface area contributed by atoms with Crippen LogP contribution in [0.5, 0.6) is 0 Å². The predicted molar refractivity (Wildman–Crippen MR) is 231 cm³/mol. The molecule has 0 fully saturated rings. The molecule has 4 heteroatoms. The Morgan fingerprint density at radius 3 is 1.05 bits per heavy atom. The van der Waals surface area contributed by atoms with Crippen LogP contribution >= 0.6 is 11.3 Å². The monoisotopic (exact) mass is 719 g/mol. The Kier molecular flexibility index (Phi) is 8.36. The highest BCUT2D eigenvalue weighted by Gasteiger charge is 2.17. The second-order valence-electron chi connectivity index (χ2n) is 13.6. The Labute approximate surface area is 323 Å². The van der Waals surface area contributed by atoms with Crippen molar-refractivity contribution in [3.05, 3.63) is 200 Å². The van der Waals surface area contributed by atoms with E-state index >= 15 is 0 Å². The van der Waals surface area contributed by atoms with E-state index < -0.39 is 0 Å². The van der Waals surface area contributed by atoms with Gasteiger partial charge in [-0.2, -0.15) is 0 Å². The lowest BCUT2D eigenvalue weighted by Crippen LogP contribution is -2.00. The number of nitrogens with zero attached hydrogens (tertiary/aromatic N) is 3. The Hall–Kier alpha value is -7.01. The van der Waals surface area contributed by atoms with Crippen molar-refractivity contribution in [3.8, 4) is 78.7 Å². The number of rotatable bonds is 7. The van der Waals surface area contributed by atoms with Crippen molar-refractivity contribution in [1.29, 1.82) is 0 Å². The highest BCUT2D eigenvalue weighted by molar-refractivity contribution is 7.26. The first-order valence-electron chi connectivity index (χ1n) is 18.4. The van der Waals surface area contributed by atoms with Crippen molar-refractivity contribution in [3.63, 3.8) is 0 Å². The third kappa shape index (κ3) is 6.29. The molecule has 0 aliphatic carbocycles. The minimum absolute atomic E-state index is 0.639. The van der Waals surface area contributed by atoms with Crippen LogP contribution in [0.3, 0.4) is 0 Å². The third-order valence-corrected chi connectivity index (χ3v) is 11.4. The van der Waals surface area contributed by atoms with Gasteiger partial charge in [-0.05, 0) is 62.7 Å². The Morgan fingerprint density at radius 1 is 0.255 bits per heavy atom. The van der Waals surface area contributed by atoms with Gasteiger partial charge in [0.05, 0.1) is 0 Å². The quantitative estimate of drug-likeness (QED) is 0.165. The zero-order valence-corrected chi connectivity index (χ0v) is 30.6. The molecule has 10 aromatic rings. The fraction of sp³-hybridized carbons (Fsp3) is 0. The summed E-state index contributed by atoms with van der Waals surface area (Å²) in [6.07, 6.45) is 0. The van der Waals surface area contributed by atoms with E-state index in [1.54, 1.807) is 0 Å². The van der Waals surface area contributed by atoms with Gasteiger partial charge in [0, 0.05) is 36.9 Å². The zero-order chi connectivity index (χ0) is 36.6. The van der Waals surface area contributed by atoms with E-state index in [1.165, 1.54) is 48.0 Å². The van der Waals surface area contributed by atoms with Crippen molar-refractivity contribution in [2.75, 3.05) is 0 Å². The second kappa shape index (κ2) is 14.1. The lowest BCUT2D eigenvalue weighted by molar-refractivity contribution is 1.07. The number of thiophene rings is 1. The van der Waals surface area contributed by atoms with Gasteiger partial charge in [0.25, 0.3) is 0 Å². The number of benzene rings is 8. The summed E-state index contributed by atoms with van der Waals surface area (Å²) < 4.78 is 2.55. The minimum atomic E-state index is 0.639. The first-order chi connectivity index (χ1) is 27.2. The molecule has 2 heterocycles. The van der Waals surface area contributed by atoms with E-state index in [2.05, 4.69) is 164 Å². The van der Waals surface area contributed by atoms with Crippen LogP contribution in [0.1, 0.15) is 0 Å². The molecule has 0 amide bonds. The first-order valence-corrected chi connectivity index (χ1v) is 19.3. The number of aromatic nitrogens is 3. The fourth-order valence-corrected chi connectivity index (χ4v) is 8.79. The lowest BCUT2D eigenvalue weighted by Gasteiger charge is -2.11. The van der Waals surface area contributed by atoms with Crippen LogP contribution in [0.4, 0.5) is 0 Å². The zero-order valence-electron chi connectivity index (χ0n) is 29.8. The van der Waals surface area contributed by atoms with Crippen LogP contribution in [0.25, 0.3) is 98.8 Å². The number of hydrogen-bond acceptors (Lipinski definition) is 4. The smallest absolute Gasteiger partial charge is 0.164 e. The van der Waals surface area contributed by atoms with Crippen molar-refractivity contribution in [2.24, 2.45) is 0 Å². The van der Waals surface area contributed by atoms with E-state index in [-0.39, 0.29) is 0 Å². The van der Waals surface area contributed by atoms with E-state index in [9.17, 15) is 0 Å². The maximum atomic E-state index is 5.12.